The molecule has 0 aliphatic carbocycles. The van der Waals surface area contributed by atoms with Gasteiger partial charge >= 0.3 is 11.9 Å². The fourth-order valence-electron chi connectivity index (χ4n) is 2.27. The molecule has 0 aliphatic rings. The van der Waals surface area contributed by atoms with Crippen LogP contribution >= 0.6 is 0 Å². The van der Waals surface area contributed by atoms with Gasteiger partial charge in [0.1, 0.15) is 22.7 Å². The van der Waals surface area contributed by atoms with Crippen molar-refractivity contribution < 1.29 is 23.5 Å². The number of esters is 2. The normalized spacial score (nSPS) is 10.9. The first-order chi connectivity index (χ1) is 11.7. The fourth-order valence-corrected chi connectivity index (χ4v) is 2.27. The maximum atomic E-state index is 13.1. The first kappa shape index (κ1) is 18.4. The molecule has 0 aliphatic heterocycles. The molecule has 0 radical (unpaired) electrons. The van der Waals surface area contributed by atoms with Crippen molar-refractivity contribution >= 4 is 18.0 Å². The smallest absolute Gasteiger partial charge is 0.342 e. The lowest BCUT2D eigenvalue weighted by molar-refractivity contribution is -0.131. The van der Waals surface area contributed by atoms with Crippen LogP contribution < -0.4 is 4.74 Å². The summed E-state index contributed by atoms with van der Waals surface area (Å²) in [6, 6.07) is 10.4. The third kappa shape index (κ3) is 4.53. The Hall–Kier alpha value is -2.95. The fraction of sp³-hybridized carbons (Fsp3) is 0.200. The standard InChI is InChI=1S/C20H19FO4/c1-5-14-6-11-18(24-13(2)22)17(12-14)19(23)25-20(3,4)15-7-9-16(21)10-8-15/h5-12H,1H2,2-4H3. The van der Waals surface area contributed by atoms with Gasteiger partial charge in [-0.05, 0) is 49.2 Å². The Bertz CT molecular complexity index is 807. The highest BCUT2D eigenvalue weighted by Gasteiger charge is 2.28. The second-order valence-corrected chi connectivity index (χ2v) is 5.96. The summed E-state index contributed by atoms with van der Waals surface area (Å²) in [4.78, 5) is 23.9. The van der Waals surface area contributed by atoms with Gasteiger partial charge in [-0.3, -0.25) is 4.79 Å². The van der Waals surface area contributed by atoms with E-state index in [2.05, 4.69) is 6.58 Å². The number of carbonyl (C=O) groups excluding carboxylic acids is 2. The van der Waals surface area contributed by atoms with Crippen LogP contribution in [-0.2, 0) is 15.1 Å². The monoisotopic (exact) mass is 342 g/mol. The van der Waals surface area contributed by atoms with E-state index in [4.69, 9.17) is 9.47 Å². The summed E-state index contributed by atoms with van der Waals surface area (Å²) in [6.07, 6.45) is 1.57. The molecular weight excluding hydrogens is 323 g/mol. The highest BCUT2D eigenvalue weighted by atomic mass is 19.1. The van der Waals surface area contributed by atoms with Crippen LogP contribution in [0.2, 0.25) is 0 Å². The van der Waals surface area contributed by atoms with Crippen LogP contribution in [0.15, 0.2) is 49.0 Å². The van der Waals surface area contributed by atoms with Crippen LogP contribution in [-0.4, -0.2) is 11.9 Å². The molecule has 0 bridgehead atoms. The van der Waals surface area contributed by atoms with Gasteiger partial charge < -0.3 is 9.47 Å². The average molecular weight is 342 g/mol. The van der Waals surface area contributed by atoms with Gasteiger partial charge in [0.15, 0.2) is 0 Å². The maximum Gasteiger partial charge on any atom is 0.342 e. The third-order valence-corrected chi connectivity index (χ3v) is 3.60. The highest BCUT2D eigenvalue weighted by molar-refractivity contribution is 5.94. The largest absolute Gasteiger partial charge is 0.451 e. The lowest BCUT2D eigenvalue weighted by Gasteiger charge is -2.26. The maximum absolute atomic E-state index is 13.1. The van der Waals surface area contributed by atoms with Gasteiger partial charge in [0.05, 0.1) is 0 Å². The first-order valence-electron chi connectivity index (χ1n) is 7.67. The molecule has 0 fully saturated rings. The van der Waals surface area contributed by atoms with E-state index in [9.17, 15) is 14.0 Å². The molecule has 0 atom stereocenters. The van der Waals surface area contributed by atoms with Crippen molar-refractivity contribution in [3.63, 3.8) is 0 Å². The van der Waals surface area contributed by atoms with Crippen molar-refractivity contribution in [1.82, 2.24) is 0 Å². The van der Waals surface area contributed by atoms with Crippen LogP contribution in [0.1, 0.15) is 42.3 Å². The molecule has 0 saturated heterocycles. The van der Waals surface area contributed by atoms with Crippen molar-refractivity contribution in [1.29, 1.82) is 0 Å². The Morgan fingerprint density at radius 2 is 1.76 bits per heavy atom. The lowest BCUT2D eigenvalue weighted by Crippen LogP contribution is -2.26. The van der Waals surface area contributed by atoms with Crippen LogP contribution in [0.4, 0.5) is 4.39 Å². The van der Waals surface area contributed by atoms with E-state index in [0.29, 0.717) is 11.1 Å². The molecule has 0 saturated carbocycles. The van der Waals surface area contributed by atoms with Gasteiger partial charge in [-0.25, -0.2) is 9.18 Å². The van der Waals surface area contributed by atoms with Crippen molar-refractivity contribution in [2.24, 2.45) is 0 Å². The zero-order chi connectivity index (χ0) is 18.6. The van der Waals surface area contributed by atoms with Crippen LogP contribution in [0.25, 0.3) is 6.08 Å². The molecule has 2 aromatic rings. The molecule has 0 aromatic heterocycles. The van der Waals surface area contributed by atoms with E-state index in [1.807, 2.05) is 0 Å². The SMILES string of the molecule is C=Cc1ccc(OC(C)=O)c(C(=O)OC(C)(C)c2ccc(F)cc2)c1. The summed E-state index contributed by atoms with van der Waals surface area (Å²) < 4.78 is 23.8. The van der Waals surface area contributed by atoms with Gasteiger partial charge in [-0.1, -0.05) is 30.9 Å². The summed E-state index contributed by atoms with van der Waals surface area (Å²) in [5.74, 6) is -1.47. The van der Waals surface area contributed by atoms with Crippen LogP contribution in [0, 0.1) is 5.82 Å². The number of hydrogen-bond acceptors (Lipinski definition) is 4. The highest BCUT2D eigenvalue weighted by Crippen LogP contribution is 2.29. The van der Waals surface area contributed by atoms with E-state index in [1.54, 1.807) is 38.1 Å². The van der Waals surface area contributed by atoms with Crippen LogP contribution in [0.5, 0.6) is 5.75 Å². The Labute approximate surface area is 145 Å². The van der Waals surface area contributed by atoms with Gasteiger partial charge in [-0.15, -0.1) is 0 Å². The lowest BCUT2D eigenvalue weighted by atomic mass is 9.98. The summed E-state index contributed by atoms with van der Waals surface area (Å²) in [5.41, 5.74) is 0.434. The summed E-state index contributed by atoms with van der Waals surface area (Å²) in [5, 5.41) is 0. The first-order valence-corrected chi connectivity index (χ1v) is 7.67. The summed E-state index contributed by atoms with van der Waals surface area (Å²) >= 11 is 0. The van der Waals surface area contributed by atoms with Gasteiger partial charge in [0.25, 0.3) is 0 Å². The van der Waals surface area contributed by atoms with Crippen LogP contribution in [0.3, 0.4) is 0 Å². The van der Waals surface area contributed by atoms with Gasteiger partial charge in [0.2, 0.25) is 0 Å². The van der Waals surface area contributed by atoms with E-state index in [1.165, 1.54) is 31.2 Å². The van der Waals surface area contributed by atoms with Crippen molar-refractivity contribution in [3.05, 3.63) is 71.6 Å². The van der Waals surface area contributed by atoms with Crippen molar-refractivity contribution in [2.75, 3.05) is 0 Å². The Kier molecular flexibility index (Phi) is 5.37. The molecule has 0 unspecified atom stereocenters. The van der Waals surface area contributed by atoms with Gasteiger partial charge in [0, 0.05) is 6.92 Å². The second kappa shape index (κ2) is 7.30. The molecule has 0 heterocycles. The third-order valence-electron chi connectivity index (χ3n) is 3.60. The molecule has 0 amide bonds. The van der Waals surface area contributed by atoms with E-state index in [-0.39, 0.29) is 17.1 Å². The molecule has 2 rings (SSSR count). The quantitative estimate of drug-likeness (QED) is 0.593. The average Bonchev–Trinajstić information content (AvgIpc) is 2.54. The Balaban J connectivity index is 2.34. The van der Waals surface area contributed by atoms with E-state index < -0.39 is 17.5 Å². The minimum atomic E-state index is -0.998. The second-order valence-electron chi connectivity index (χ2n) is 5.96. The molecule has 5 heteroatoms. The molecule has 130 valence electrons. The predicted octanol–water partition coefficient (Wildman–Crippen LogP) is 4.49. The Morgan fingerprint density at radius 1 is 1.12 bits per heavy atom. The zero-order valence-corrected chi connectivity index (χ0v) is 14.3. The van der Waals surface area contributed by atoms with E-state index >= 15 is 0 Å². The molecule has 0 N–H and O–H groups in total. The van der Waals surface area contributed by atoms with Crippen molar-refractivity contribution in [2.45, 2.75) is 26.4 Å². The number of hydrogen-bond donors (Lipinski definition) is 0. The zero-order valence-electron chi connectivity index (χ0n) is 14.3. The van der Waals surface area contributed by atoms with E-state index in [0.717, 1.165) is 0 Å². The molecule has 2 aromatic carbocycles. The number of carbonyl (C=O) groups is 2. The number of rotatable bonds is 5. The summed E-state index contributed by atoms with van der Waals surface area (Å²) in [6.45, 7) is 8.30. The minimum Gasteiger partial charge on any atom is -0.451 e. The molecule has 0 spiro atoms. The molecular formula is C20H19FO4. The Morgan fingerprint density at radius 3 is 2.32 bits per heavy atom. The van der Waals surface area contributed by atoms with Gasteiger partial charge in [-0.2, -0.15) is 0 Å². The minimum absolute atomic E-state index is 0.109. The molecule has 25 heavy (non-hydrogen) atoms. The van der Waals surface area contributed by atoms with Crippen molar-refractivity contribution in [3.8, 4) is 5.75 Å². The summed E-state index contributed by atoms with van der Waals surface area (Å²) in [7, 11) is 0. The number of benzene rings is 2. The molecule has 4 nitrogen and oxygen atoms in total. The number of halogens is 1. The predicted molar refractivity (Wildman–Crippen MR) is 92.7 cm³/mol. The number of ether oxygens (including phenoxy) is 2. The topological polar surface area (TPSA) is 52.6 Å².